The summed E-state index contributed by atoms with van der Waals surface area (Å²) in [7, 11) is 0. The molecule has 9 nitrogen and oxygen atoms in total. The third-order valence-corrected chi connectivity index (χ3v) is 4.34. The highest BCUT2D eigenvalue weighted by atomic mass is 16.2. The molecule has 9 heteroatoms. The molecule has 0 saturated carbocycles. The zero-order valence-electron chi connectivity index (χ0n) is 15.9. The van der Waals surface area contributed by atoms with Crippen LogP contribution in [-0.4, -0.2) is 44.0 Å². The van der Waals surface area contributed by atoms with E-state index in [1.165, 1.54) is 4.90 Å². The summed E-state index contributed by atoms with van der Waals surface area (Å²) in [6, 6.07) is 8.14. The van der Waals surface area contributed by atoms with Crippen molar-refractivity contribution in [1.29, 1.82) is 0 Å². The second-order valence-corrected chi connectivity index (χ2v) is 7.20. The van der Waals surface area contributed by atoms with Crippen molar-refractivity contribution in [2.45, 2.75) is 45.7 Å². The van der Waals surface area contributed by atoms with E-state index in [9.17, 15) is 14.4 Å². The van der Waals surface area contributed by atoms with Gasteiger partial charge < -0.3 is 5.32 Å². The smallest absolute Gasteiger partial charge is 0.325 e. The van der Waals surface area contributed by atoms with Gasteiger partial charge in [0, 0.05) is 12.8 Å². The number of aromatic amines is 1. The zero-order chi connectivity index (χ0) is 20.1. The van der Waals surface area contributed by atoms with Gasteiger partial charge in [0.05, 0.1) is 6.54 Å². The molecule has 2 aromatic rings. The van der Waals surface area contributed by atoms with E-state index in [1.54, 1.807) is 0 Å². The second-order valence-electron chi connectivity index (χ2n) is 7.20. The predicted molar refractivity (Wildman–Crippen MR) is 102 cm³/mol. The second kappa shape index (κ2) is 8.64. The molecule has 0 spiro atoms. The molecule has 1 aromatic heterocycles. The van der Waals surface area contributed by atoms with Gasteiger partial charge in [0.2, 0.25) is 11.9 Å². The van der Waals surface area contributed by atoms with Gasteiger partial charge in [-0.3, -0.25) is 24.9 Å². The van der Waals surface area contributed by atoms with E-state index < -0.39 is 12.1 Å². The van der Waals surface area contributed by atoms with E-state index in [1.807, 2.05) is 30.3 Å². The van der Waals surface area contributed by atoms with Crippen LogP contribution in [0.4, 0.5) is 10.7 Å². The summed E-state index contributed by atoms with van der Waals surface area (Å²) in [6.45, 7) is 4.34. The van der Waals surface area contributed by atoms with E-state index in [-0.39, 0.29) is 37.1 Å². The van der Waals surface area contributed by atoms with Crippen LogP contribution < -0.4 is 10.6 Å². The van der Waals surface area contributed by atoms with Crippen LogP contribution in [0, 0.1) is 5.92 Å². The summed E-state index contributed by atoms with van der Waals surface area (Å²) in [5.41, 5.74) is 0.867. The van der Waals surface area contributed by atoms with Gasteiger partial charge in [-0.05, 0) is 17.9 Å². The summed E-state index contributed by atoms with van der Waals surface area (Å²) >= 11 is 0. The van der Waals surface area contributed by atoms with Gasteiger partial charge in [-0.25, -0.2) is 4.79 Å². The summed E-state index contributed by atoms with van der Waals surface area (Å²) < 4.78 is 0. The van der Waals surface area contributed by atoms with Crippen LogP contribution in [0.3, 0.4) is 0 Å². The van der Waals surface area contributed by atoms with E-state index in [2.05, 4.69) is 39.7 Å². The predicted octanol–water partition coefficient (Wildman–Crippen LogP) is 1.84. The summed E-state index contributed by atoms with van der Waals surface area (Å²) in [5.74, 6) is 0.720. The lowest BCUT2D eigenvalue weighted by molar-refractivity contribution is -0.128. The van der Waals surface area contributed by atoms with Crippen molar-refractivity contribution in [2.24, 2.45) is 5.92 Å². The Morgan fingerprint density at radius 3 is 2.71 bits per heavy atom. The summed E-state index contributed by atoms with van der Waals surface area (Å²) in [5, 5.41) is 12.0. The molecule has 1 aliphatic rings. The Bertz CT molecular complexity index is 848. The van der Waals surface area contributed by atoms with E-state index in [0.717, 1.165) is 12.0 Å². The lowest BCUT2D eigenvalue weighted by Crippen LogP contribution is -2.31. The molecule has 1 aliphatic heterocycles. The Hall–Kier alpha value is -3.23. The lowest BCUT2D eigenvalue weighted by atomic mass is 10.1. The van der Waals surface area contributed by atoms with Gasteiger partial charge in [-0.2, -0.15) is 4.98 Å². The number of anilines is 1. The number of urea groups is 1. The molecule has 1 fully saturated rings. The lowest BCUT2D eigenvalue weighted by Gasteiger charge is -2.12. The molecule has 3 rings (SSSR count). The van der Waals surface area contributed by atoms with Crippen molar-refractivity contribution in [3.63, 3.8) is 0 Å². The van der Waals surface area contributed by atoms with E-state index in [4.69, 9.17) is 0 Å². The minimum atomic E-state index is -0.703. The normalized spacial score (nSPS) is 16.5. The quantitative estimate of drug-likeness (QED) is 0.600. The third kappa shape index (κ3) is 4.93. The summed E-state index contributed by atoms with van der Waals surface area (Å²) in [6.07, 6.45) is 1.03. The number of aromatic nitrogens is 3. The molecule has 0 bridgehead atoms. The number of nitrogens with zero attached hydrogens (tertiary/aromatic N) is 3. The maximum absolute atomic E-state index is 12.5. The molecule has 1 atom stereocenters. The molecule has 3 N–H and O–H groups in total. The van der Waals surface area contributed by atoms with E-state index >= 15 is 0 Å². The highest BCUT2D eigenvalue weighted by Gasteiger charge is 2.37. The largest absolute Gasteiger partial charge is 0.326 e. The van der Waals surface area contributed by atoms with Crippen LogP contribution in [0.25, 0.3) is 0 Å². The van der Waals surface area contributed by atoms with Gasteiger partial charge in [0.1, 0.15) is 11.9 Å². The molecule has 1 aromatic carbocycles. The van der Waals surface area contributed by atoms with Crippen LogP contribution >= 0.6 is 0 Å². The number of H-pyrrole nitrogens is 1. The topological polar surface area (TPSA) is 120 Å². The van der Waals surface area contributed by atoms with Gasteiger partial charge in [-0.15, -0.1) is 5.10 Å². The highest BCUT2D eigenvalue weighted by molar-refractivity contribution is 6.04. The number of carbonyl (C=O) groups excluding carboxylic acids is 3. The van der Waals surface area contributed by atoms with Crippen molar-refractivity contribution in [3.05, 3.63) is 41.7 Å². The Balaban J connectivity index is 1.49. The number of hydrogen-bond acceptors (Lipinski definition) is 5. The third-order valence-electron chi connectivity index (χ3n) is 4.34. The fourth-order valence-electron chi connectivity index (χ4n) is 2.98. The maximum atomic E-state index is 12.5. The van der Waals surface area contributed by atoms with Crippen LogP contribution in [0.2, 0.25) is 0 Å². The number of hydrogen-bond donors (Lipinski definition) is 3. The van der Waals surface area contributed by atoms with Gasteiger partial charge in [-0.1, -0.05) is 44.2 Å². The van der Waals surface area contributed by atoms with Crippen molar-refractivity contribution >= 4 is 23.8 Å². The Labute approximate surface area is 162 Å². The number of nitrogens with one attached hydrogen (secondary N) is 3. The fourth-order valence-corrected chi connectivity index (χ4v) is 2.98. The molecular formula is C19H24N6O3. The first-order valence-electron chi connectivity index (χ1n) is 9.29. The van der Waals surface area contributed by atoms with Gasteiger partial charge in [0.25, 0.3) is 5.91 Å². The zero-order valence-corrected chi connectivity index (χ0v) is 15.9. The number of imide groups is 1. The number of carbonyl (C=O) groups is 3. The number of rotatable bonds is 8. The maximum Gasteiger partial charge on any atom is 0.325 e. The minimum Gasteiger partial charge on any atom is -0.326 e. The van der Waals surface area contributed by atoms with Crippen LogP contribution in [-0.2, 0) is 22.6 Å². The Morgan fingerprint density at radius 1 is 1.25 bits per heavy atom. The molecule has 2 heterocycles. The fraction of sp³-hybridized carbons (Fsp3) is 0.421. The molecule has 4 amide bonds. The summed E-state index contributed by atoms with van der Waals surface area (Å²) in [4.78, 5) is 42.1. The molecule has 0 unspecified atom stereocenters. The molecule has 28 heavy (non-hydrogen) atoms. The molecular weight excluding hydrogens is 360 g/mol. The monoisotopic (exact) mass is 384 g/mol. The van der Waals surface area contributed by atoms with Crippen molar-refractivity contribution in [2.75, 3.05) is 5.32 Å². The van der Waals surface area contributed by atoms with Gasteiger partial charge >= 0.3 is 6.03 Å². The van der Waals surface area contributed by atoms with Crippen molar-refractivity contribution < 1.29 is 14.4 Å². The average molecular weight is 384 g/mol. The first kappa shape index (κ1) is 19.5. The molecule has 0 radical (unpaired) electrons. The van der Waals surface area contributed by atoms with Crippen LogP contribution in [0.5, 0.6) is 0 Å². The molecule has 0 aliphatic carbocycles. The van der Waals surface area contributed by atoms with Crippen LogP contribution in [0.15, 0.2) is 30.3 Å². The molecule has 1 saturated heterocycles. The first-order chi connectivity index (χ1) is 13.4. The standard InChI is InChI=1S/C19H24N6O3/c1-12(2)10-15-21-18(24-23-15)22-16(26)9-8-14-17(27)25(19(28)20-14)11-13-6-4-3-5-7-13/h3-7,12,14H,8-11H2,1-2H3,(H,20,28)(H2,21,22,23,24,26)/t14-/m0/s1. The van der Waals surface area contributed by atoms with Crippen LogP contribution in [0.1, 0.15) is 38.1 Å². The first-order valence-corrected chi connectivity index (χ1v) is 9.29. The Kier molecular flexibility index (Phi) is 6.03. The van der Waals surface area contributed by atoms with Crippen molar-refractivity contribution in [3.8, 4) is 0 Å². The SMILES string of the molecule is CC(C)Cc1nc(NC(=O)CC[C@@H]2NC(=O)N(Cc3ccccc3)C2=O)n[nH]1. The minimum absolute atomic E-state index is 0.0733. The highest BCUT2D eigenvalue weighted by Crippen LogP contribution is 2.15. The molecule has 148 valence electrons. The average Bonchev–Trinajstić information content (AvgIpc) is 3.19. The Morgan fingerprint density at radius 2 is 2.00 bits per heavy atom. The van der Waals surface area contributed by atoms with Gasteiger partial charge in [0.15, 0.2) is 0 Å². The number of benzene rings is 1. The number of amides is 4. The van der Waals surface area contributed by atoms with Crippen molar-refractivity contribution in [1.82, 2.24) is 25.4 Å². The van der Waals surface area contributed by atoms with E-state index in [0.29, 0.717) is 11.7 Å².